The number of hydrogen-bond acceptors (Lipinski definition) is 7. The Morgan fingerprint density at radius 3 is 2.57 bits per heavy atom. The highest BCUT2D eigenvalue weighted by molar-refractivity contribution is 5.89. The summed E-state index contributed by atoms with van der Waals surface area (Å²) >= 11 is 0. The molecule has 1 saturated carbocycles. The van der Waals surface area contributed by atoms with Crippen molar-refractivity contribution in [3.8, 4) is 0 Å². The van der Waals surface area contributed by atoms with Crippen molar-refractivity contribution in [1.29, 1.82) is 0 Å². The highest BCUT2D eigenvalue weighted by Crippen LogP contribution is 2.33. The number of nitrogens with zero attached hydrogens (tertiary/aromatic N) is 4. The first kappa shape index (κ1) is 26.8. The summed E-state index contributed by atoms with van der Waals surface area (Å²) < 4.78 is 14.6. The van der Waals surface area contributed by atoms with Gasteiger partial charge < -0.3 is 25.5 Å². The third-order valence-electron chi connectivity index (χ3n) is 7.05. The molecule has 0 bridgehead atoms. The van der Waals surface area contributed by atoms with E-state index in [4.69, 9.17) is 9.94 Å². The van der Waals surface area contributed by atoms with Crippen LogP contribution in [0.5, 0.6) is 0 Å². The first-order valence-corrected chi connectivity index (χ1v) is 13.3. The Morgan fingerprint density at radius 2 is 1.92 bits per heavy atom. The van der Waals surface area contributed by atoms with Crippen molar-refractivity contribution in [3.63, 3.8) is 0 Å². The third kappa shape index (κ3) is 7.61. The van der Waals surface area contributed by atoms with Crippen LogP contribution in [0.4, 0.5) is 20.8 Å². The molecule has 10 heteroatoms. The van der Waals surface area contributed by atoms with Crippen LogP contribution in [0.15, 0.2) is 35.7 Å². The van der Waals surface area contributed by atoms with Crippen molar-refractivity contribution in [2.24, 2.45) is 5.16 Å². The number of piperidine rings is 1. The molecule has 0 radical (unpaired) electrons. The standard InChI is InChI=1S/C27H37FN6O3/c1-2-19-17-30-26(31-18-19)34-13-10-23(11-14-34)37-33-22-7-4-20(5-8-22)21-6-9-25(24(28)16-21)32-27(36)29-12-3-15-35/h6,9,16-18,20,23,35H,2-5,7-8,10-15H2,1H3,(H2,29,32,36). The van der Waals surface area contributed by atoms with E-state index in [-0.39, 0.29) is 24.3 Å². The molecule has 2 aromatic rings. The Hall–Kier alpha value is -3.27. The van der Waals surface area contributed by atoms with Crippen LogP contribution in [0, 0.1) is 5.82 Å². The van der Waals surface area contributed by atoms with Crippen LogP contribution in [-0.4, -0.2) is 59.2 Å². The zero-order chi connectivity index (χ0) is 26.0. The predicted octanol–water partition coefficient (Wildman–Crippen LogP) is 4.38. The van der Waals surface area contributed by atoms with Gasteiger partial charge in [0, 0.05) is 51.5 Å². The van der Waals surface area contributed by atoms with Crippen LogP contribution in [-0.2, 0) is 11.3 Å². The molecule has 1 aliphatic heterocycles. The molecule has 2 heterocycles. The number of urea groups is 1. The third-order valence-corrected chi connectivity index (χ3v) is 7.05. The summed E-state index contributed by atoms with van der Waals surface area (Å²) in [5, 5.41) is 18.4. The number of anilines is 2. The van der Waals surface area contributed by atoms with Gasteiger partial charge in [-0.1, -0.05) is 18.1 Å². The number of hydrogen-bond donors (Lipinski definition) is 3. The fourth-order valence-corrected chi connectivity index (χ4v) is 4.71. The Balaban J connectivity index is 1.20. The average molecular weight is 513 g/mol. The number of benzene rings is 1. The maximum absolute atomic E-state index is 14.6. The molecule has 37 heavy (non-hydrogen) atoms. The molecule has 1 aliphatic carbocycles. The van der Waals surface area contributed by atoms with E-state index in [0.717, 1.165) is 80.8 Å². The number of amides is 2. The summed E-state index contributed by atoms with van der Waals surface area (Å²) in [6.45, 7) is 4.12. The average Bonchev–Trinajstić information content (AvgIpc) is 2.94. The number of aliphatic hydroxyl groups excluding tert-OH is 1. The van der Waals surface area contributed by atoms with Crippen LogP contribution in [0.1, 0.15) is 68.9 Å². The normalized spacial score (nSPS) is 18.4. The molecule has 1 saturated heterocycles. The van der Waals surface area contributed by atoms with Crippen molar-refractivity contribution in [2.45, 2.75) is 70.3 Å². The van der Waals surface area contributed by atoms with Crippen LogP contribution >= 0.6 is 0 Å². The topological polar surface area (TPSA) is 112 Å². The van der Waals surface area contributed by atoms with Crippen molar-refractivity contribution in [1.82, 2.24) is 15.3 Å². The number of oxime groups is 1. The van der Waals surface area contributed by atoms with Gasteiger partial charge in [0.05, 0.1) is 11.4 Å². The minimum absolute atomic E-state index is 0.00692. The van der Waals surface area contributed by atoms with Crippen LogP contribution in [0.2, 0.25) is 0 Å². The van der Waals surface area contributed by atoms with Gasteiger partial charge in [0.15, 0.2) is 0 Å². The largest absolute Gasteiger partial charge is 0.396 e. The predicted molar refractivity (Wildman–Crippen MR) is 141 cm³/mol. The lowest BCUT2D eigenvalue weighted by Gasteiger charge is -2.31. The lowest BCUT2D eigenvalue weighted by Crippen LogP contribution is -2.37. The smallest absolute Gasteiger partial charge is 0.319 e. The second kappa shape index (κ2) is 13.3. The van der Waals surface area contributed by atoms with Gasteiger partial charge >= 0.3 is 6.03 Å². The Morgan fingerprint density at radius 1 is 1.19 bits per heavy atom. The van der Waals surface area contributed by atoms with Crippen molar-refractivity contribution < 1.29 is 19.1 Å². The van der Waals surface area contributed by atoms with Crippen LogP contribution < -0.4 is 15.5 Å². The molecule has 2 aliphatic rings. The summed E-state index contributed by atoms with van der Waals surface area (Å²) in [5.74, 6) is 0.584. The van der Waals surface area contributed by atoms with E-state index in [1.807, 2.05) is 18.5 Å². The SMILES string of the molecule is CCc1cnc(N2CCC(ON=C3CCC(c4ccc(NC(=O)NCCCO)c(F)c4)CC3)CC2)nc1. The number of halogens is 1. The lowest BCUT2D eigenvalue weighted by molar-refractivity contribution is 0.0406. The lowest BCUT2D eigenvalue weighted by atomic mass is 9.83. The summed E-state index contributed by atoms with van der Waals surface area (Å²) in [4.78, 5) is 28.9. The summed E-state index contributed by atoms with van der Waals surface area (Å²) in [6, 6.07) is 4.52. The van der Waals surface area contributed by atoms with E-state index in [9.17, 15) is 9.18 Å². The molecule has 0 unspecified atom stereocenters. The summed E-state index contributed by atoms with van der Waals surface area (Å²) in [6.07, 6.45) is 10.5. The molecule has 3 N–H and O–H groups in total. The molecule has 9 nitrogen and oxygen atoms in total. The Bertz CT molecular complexity index is 1050. The Labute approximate surface area is 217 Å². The molecule has 4 rings (SSSR count). The number of aromatic nitrogens is 2. The van der Waals surface area contributed by atoms with E-state index >= 15 is 0 Å². The van der Waals surface area contributed by atoms with Crippen molar-refractivity contribution in [2.75, 3.05) is 36.5 Å². The van der Waals surface area contributed by atoms with Gasteiger partial charge in [0.25, 0.3) is 0 Å². The van der Waals surface area contributed by atoms with Gasteiger partial charge in [0.2, 0.25) is 5.95 Å². The van der Waals surface area contributed by atoms with E-state index in [0.29, 0.717) is 13.0 Å². The van der Waals surface area contributed by atoms with E-state index < -0.39 is 11.8 Å². The molecular weight excluding hydrogens is 475 g/mol. The van der Waals surface area contributed by atoms with Gasteiger partial charge in [-0.05, 0) is 67.7 Å². The van der Waals surface area contributed by atoms with Crippen molar-refractivity contribution >= 4 is 23.4 Å². The number of aryl methyl sites for hydroxylation is 1. The van der Waals surface area contributed by atoms with Gasteiger partial charge in [0.1, 0.15) is 11.9 Å². The van der Waals surface area contributed by atoms with E-state index in [1.54, 1.807) is 6.07 Å². The van der Waals surface area contributed by atoms with Gasteiger partial charge in [-0.3, -0.25) is 0 Å². The molecule has 2 fully saturated rings. The maximum atomic E-state index is 14.6. The van der Waals surface area contributed by atoms with Crippen LogP contribution in [0.3, 0.4) is 0 Å². The molecule has 0 spiro atoms. The van der Waals surface area contributed by atoms with Crippen LogP contribution in [0.25, 0.3) is 0 Å². The van der Waals surface area contributed by atoms with Gasteiger partial charge in [-0.15, -0.1) is 0 Å². The Kier molecular flexibility index (Phi) is 9.65. The number of aliphatic hydroxyl groups is 1. The minimum atomic E-state index is -0.483. The minimum Gasteiger partial charge on any atom is -0.396 e. The number of rotatable bonds is 9. The zero-order valence-electron chi connectivity index (χ0n) is 21.5. The van der Waals surface area contributed by atoms with Gasteiger partial charge in [-0.25, -0.2) is 19.2 Å². The highest BCUT2D eigenvalue weighted by Gasteiger charge is 2.24. The first-order valence-electron chi connectivity index (χ1n) is 13.3. The molecule has 200 valence electrons. The van der Waals surface area contributed by atoms with Gasteiger partial charge in [-0.2, -0.15) is 0 Å². The molecule has 1 aromatic heterocycles. The van der Waals surface area contributed by atoms with E-state index in [2.05, 4.69) is 37.6 Å². The molecule has 1 aromatic carbocycles. The number of carbonyl (C=O) groups excluding carboxylic acids is 1. The molecular formula is C27H37FN6O3. The summed E-state index contributed by atoms with van der Waals surface area (Å²) in [7, 11) is 0. The fourth-order valence-electron chi connectivity index (χ4n) is 4.71. The van der Waals surface area contributed by atoms with Crippen molar-refractivity contribution in [3.05, 3.63) is 47.5 Å². The maximum Gasteiger partial charge on any atom is 0.319 e. The van der Waals surface area contributed by atoms with E-state index in [1.165, 1.54) is 6.07 Å². The molecule has 0 atom stereocenters. The number of nitrogens with one attached hydrogen (secondary N) is 2. The number of carbonyl (C=O) groups is 1. The zero-order valence-corrected chi connectivity index (χ0v) is 21.5. The second-order valence-corrected chi connectivity index (χ2v) is 9.67. The quantitative estimate of drug-likeness (QED) is 0.340. The monoisotopic (exact) mass is 512 g/mol. The molecule has 2 amide bonds. The second-order valence-electron chi connectivity index (χ2n) is 9.67. The highest BCUT2D eigenvalue weighted by atomic mass is 19.1. The summed E-state index contributed by atoms with van der Waals surface area (Å²) in [5.41, 5.74) is 3.29. The first-order chi connectivity index (χ1) is 18.1. The fraction of sp³-hybridized carbons (Fsp3) is 0.556.